The molecule has 2 aromatic heterocycles. The van der Waals surface area contributed by atoms with Crippen LogP contribution in [0, 0.1) is 12.7 Å². The number of H-pyrrole nitrogens is 1. The van der Waals surface area contributed by atoms with Gasteiger partial charge in [0.05, 0.1) is 17.9 Å². The molecule has 0 aliphatic carbocycles. The van der Waals surface area contributed by atoms with Crippen molar-refractivity contribution in [2.75, 3.05) is 5.32 Å². The van der Waals surface area contributed by atoms with Crippen LogP contribution in [0.15, 0.2) is 75.2 Å². The lowest BCUT2D eigenvalue weighted by Crippen LogP contribution is -2.39. The van der Waals surface area contributed by atoms with Gasteiger partial charge in [-0.3, -0.25) is 23.6 Å². The third-order valence-corrected chi connectivity index (χ3v) is 5.38. The number of benzene rings is 2. The number of aromatic amines is 1. The standard InChI is InChI=1S/C23H20FN5O4/c1-14-19(22(32)29(27(14)2)16-9-4-3-5-10-16)26-20(30)17-12-25-23(33)28(21(17)31)13-15-8-6-7-11-18(15)24/h3-12H,13H2,1-2H3,(H,25,33)(H,26,30). The Hall–Kier alpha value is -4.47. The number of carbonyl (C=O) groups excluding carboxylic acids is 1. The summed E-state index contributed by atoms with van der Waals surface area (Å²) in [5.74, 6) is -1.45. The van der Waals surface area contributed by atoms with Gasteiger partial charge in [0.25, 0.3) is 17.0 Å². The summed E-state index contributed by atoms with van der Waals surface area (Å²) < 4.78 is 17.7. The Morgan fingerprint density at radius 3 is 2.36 bits per heavy atom. The molecular formula is C23H20FN5O4. The lowest BCUT2D eigenvalue weighted by molar-refractivity contribution is 0.102. The monoisotopic (exact) mass is 449 g/mol. The zero-order chi connectivity index (χ0) is 23.7. The van der Waals surface area contributed by atoms with E-state index in [-0.39, 0.29) is 23.4 Å². The summed E-state index contributed by atoms with van der Waals surface area (Å²) in [4.78, 5) is 53.3. The van der Waals surface area contributed by atoms with Crippen LogP contribution in [0.5, 0.6) is 0 Å². The molecule has 0 unspecified atom stereocenters. The summed E-state index contributed by atoms with van der Waals surface area (Å²) in [6.45, 7) is 1.30. The highest BCUT2D eigenvalue weighted by Gasteiger charge is 2.21. The predicted molar refractivity (Wildman–Crippen MR) is 121 cm³/mol. The molecule has 4 rings (SSSR count). The van der Waals surface area contributed by atoms with Gasteiger partial charge in [0.15, 0.2) is 0 Å². The zero-order valence-corrected chi connectivity index (χ0v) is 17.8. The van der Waals surface area contributed by atoms with E-state index < -0.39 is 28.5 Å². The van der Waals surface area contributed by atoms with E-state index in [1.165, 1.54) is 22.9 Å². The number of anilines is 1. The second-order valence-corrected chi connectivity index (χ2v) is 7.38. The molecule has 0 saturated carbocycles. The third kappa shape index (κ3) is 3.93. The van der Waals surface area contributed by atoms with Gasteiger partial charge in [0, 0.05) is 18.8 Å². The Bertz CT molecular complexity index is 1530. The Morgan fingerprint density at radius 1 is 1.00 bits per heavy atom. The second-order valence-electron chi connectivity index (χ2n) is 7.38. The molecule has 0 spiro atoms. The fourth-order valence-electron chi connectivity index (χ4n) is 3.51. The van der Waals surface area contributed by atoms with Crippen molar-refractivity contribution in [2.45, 2.75) is 13.5 Å². The first-order chi connectivity index (χ1) is 15.8. The summed E-state index contributed by atoms with van der Waals surface area (Å²) in [5.41, 5.74) is -1.38. The molecule has 0 aliphatic rings. The van der Waals surface area contributed by atoms with E-state index >= 15 is 0 Å². The second kappa shape index (κ2) is 8.58. The average molecular weight is 449 g/mol. The molecule has 0 fully saturated rings. The SMILES string of the molecule is Cc1c(NC(=O)c2c[nH]c(=O)n(Cc3ccccc3F)c2=O)c(=O)n(-c2ccccc2)n1C. The number of rotatable bonds is 5. The Kier molecular flexibility index (Phi) is 5.65. The van der Waals surface area contributed by atoms with Gasteiger partial charge >= 0.3 is 5.69 Å². The van der Waals surface area contributed by atoms with E-state index in [1.807, 2.05) is 6.07 Å². The first-order valence-electron chi connectivity index (χ1n) is 10.0. The van der Waals surface area contributed by atoms with Crippen LogP contribution in [0.25, 0.3) is 5.69 Å². The molecule has 1 amide bonds. The molecule has 10 heteroatoms. The fraction of sp³-hybridized carbons (Fsp3) is 0.130. The maximum atomic E-state index is 14.0. The van der Waals surface area contributed by atoms with Crippen molar-refractivity contribution in [1.82, 2.24) is 18.9 Å². The van der Waals surface area contributed by atoms with Crippen LogP contribution >= 0.6 is 0 Å². The van der Waals surface area contributed by atoms with E-state index in [4.69, 9.17) is 0 Å². The Labute approximate surface area is 186 Å². The van der Waals surface area contributed by atoms with Crippen molar-refractivity contribution >= 4 is 11.6 Å². The number of hydrogen-bond acceptors (Lipinski definition) is 4. The number of para-hydroxylation sites is 1. The van der Waals surface area contributed by atoms with Crippen LogP contribution < -0.4 is 22.1 Å². The minimum Gasteiger partial charge on any atom is -0.316 e. The first-order valence-corrected chi connectivity index (χ1v) is 10.0. The summed E-state index contributed by atoms with van der Waals surface area (Å²) in [6, 6.07) is 14.6. The molecule has 9 nitrogen and oxygen atoms in total. The molecule has 2 aromatic carbocycles. The van der Waals surface area contributed by atoms with Crippen LogP contribution in [0.3, 0.4) is 0 Å². The molecule has 0 saturated heterocycles. The minimum absolute atomic E-state index is 0.00222. The maximum absolute atomic E-state index is 14.0. The normalized spacial score (nSPS) is 10.9. The van der Waals surface area contributed by atoms with Crippen molar-refractivity contribution in [3.63, 3.8) is 0 Å². The van der Waals surface area contributed by atoms with Gasteiger partial charge in [-0.25, -0.2) is 13.9 Å². The molecule has 0 radical (unpaired) electrons. The van der Waals surface area contributed by atoms with E-state index in [9.17, 15) is 23.6 Å². The van der Waals surface area contributed by atoms with Gasteiger partial charge in [-0.2, -0.15) is 0 Å². The molecule has 2 heterocycles. The van der Waals surface area contributed by atoms with E-state index in [0.29, 0.717) is 11.4 Å². The highest BCUT2D eigenvalue weighted by Crippen LogP contribution is 2.14. The summed E-state index contributed by atoms with van der Waals surface area (Å²) in [5, 5.41) is 2.49. The van der Waals surface area contributed by atoms with Crippen LogP contribution in [-0.2, 0) is 13.6 Å². The lowest BCUT2D eigenvalue weighted by atomic mass is 10.2. The number of hydrogen-bond donors (Lipinski definition) is 2. The highest BCUT2D eigenvalue weighted by atomic mass is 19.1. The number of carbonyl (C=O) groups is 1. The molecule has 2 N–H and O–H groups in total. The van der Waals surface area contributed by atoms with E-state index in [1.54, 1.807) is 49.0 Å². The molecule has 33 heavy (non-hydrogen) atoms. The molecule has 4 aromatic rings. The number of amides is 1. The van der Waals surface area contributed by atoms with Gasteiger partial charge in [0.2, 0.25) is 0 Å². The van der Waals surface area contributed by atoms with Crippen LogP contribution in [-0.4, -0.2) is 24.8 Å². The first kappa shape index (κ1) is 21.8. The maximum Gasteiger partial charge on any atom is 0.328 e. The lowest BCUT2D eigenvalue weighted by Gasteiger charge is -2.08. The quantitative estimate of drug-likeness (QED) is 0.484. The Morgan fingerprint density at radius 2 is 1.67 bits per heavy atom. The van der Waals surface area contributed by atoms with Crippen LogP contribution in [0.2, 0.25) is 0 Å². The van der Waals surface area contributed by atoms with Gasteiger partial charge in [-0.15, -0.1) is 0 Å². The van der Waals surface area contributed by atoms with E-state index in [2.05, 4.69) is 10.3 Å². The molecule has 0 bridgehead atoms. The van der Waals surface area contributed by atoms with Crippen molar-refractivity contribution in [3.05, 3.63) is 115 Å². The highest BCUT2D eigenvalue weighted by molar-refractivity contribution is 6.04. The van der Waals surface area contributed by atoms with Crippen LogP contribution in [0.4, 0.5) is 10.1 Å². The molecular weight excluding hydrogens is 429 g/mol. The number of nitrogens with zero attached hydrogens (tertiary/aromatic N) is 3. The number of aromatic nitrogens is 4. The molecule has 0 aliphatic heterocycles. The Balaban J connectivity index is 1.71. The third-order valence-electron chi connectivity index (χ3n) is 5.38. The smallest absolute Gasteiger partial charge is 0.316 e. The van der Waals surface area contributed by atoms with Crippen molar-refractivity contribution in [2.24, 2.45) is 7.05 Å². The predicted octanol–water partition coefficient (Wildman–Crippen LogP) is 1.77. The van der Waals surface area contributed by atoms with E-state index in [0.717, 1.165) is 10.8 Å². The molecule has 168 valence electrons. The average Bonchev–Trinajstić information content (AvgIpc) is 3.01. The summed E-state index contributed by atoms with van der Waals surface area (Å²) >= 11 is 0. The largest absolute Gasteiger partial charge is 0.328 e. The minimum atomic E-state index is -0.906. The number of nitrogens with one attached hydrogen (secondary N) is 2. The summed E-state index contributed by atoms with van der Waals surface area (Å²) in [6.07, 6.45) is 0.978. The van der Waals surface area contributed by atoms with Crippen molar-refractivity contribution in [1.29, 1.82) is 0 Å². The van der Waals surface area contributed by atoms with Gasteiger partial charge in [-0.1, -0.05) is 36.4 Å². The van der Waals surface area contributed by atoms with Crippen molar-refractivity contribution < 1.29 is 9.18 Å². The fourth-order valence-corrected chi connectivity index (χ4v) is 3.51. The van der Waals surface area contributed by atoms with Gasteiger partial charge < -0.3 is 10.3 Å². The topological polar surface area (TPSA) is 111 Å². The van der Waals surface area contributed by atoms with Gasteiger partial charge in [0.1, 0.15) is 17.1 Å². The summed E-state index contributed by atoms with van der Waals surface area (Å²) in [7, 11) is 1.67. The zero-order valence-electron chi connectivity index (χ0n) is 17.8. The van der Waals surface area contributed by atoms with Crippen LogP contribution in [0.1, 0.15) is 21.6 Å². The van der Waals surface area contributed by atoms with Gasteiger partial charge in [-0.05, 0) is 25.1 Å². The van der Waals surface area contributed by atoms with Crippen molar-refractivity contribution in [3.8, 4) is 5.69 Å². The molecule has 0 atom stereocenters. The number of halogens is 1.